The largest absolute Gasteiger partial charge is 0.465 e. The fraction of sp³-hybridized carbons (Fsp3) is 0.273. The molecule has 2 heterocycles. The molecule has 0 saturated heterocycles. The molecule has 19 heavy (non-hydrogen) atoms. The van der Waals surface area contributed by atoms with E-state index in [9.17, 15) is 13.2 Å². The lowest BCUT2D eigenvalue weighted by Crippen LogP contribution is -2.06. The third-order valence-electron chi connectivity index (χ3n) is 2.49. The lowest BCUT2D eigenvalue weighted by molar-refractivity contribution is 0.0605. The van der Waals surface area contributed by atoms with Crippen molar-refractivity contribution < 1.29 is 17.9 Å². The highest BCUT2D eigenvalue weighted by Crippen LogP contribution is 2.19. The molecule has 0 aliphatic carbocycles. The van der Waals surface area contributed by atoms with Gasteiger partial charge in [-0.05, 0) is 17.0 Å². The van der Waals surface area contributed by atoms with E-state index in [2.05, 4.69) is 9.84 Å². The predicted molar refractivity (Wildman–Crippen MR) is 70.1 cm³/mol. The van der Waals surface area contributed by atoms with Gasteiger partial charge in [-0.1, -0.05) is 0 Å². The third kappa shape index (κ3) is 3.02. The Hall–Kier alpha value is -1.67. The van der Waals surface area contributed by atoms with Crippen molar-refractivity contribution in [3.63, 3.8) is 0 Å². The second kappa shape index (κ2) is 5.14. The highest BCUT2D eigenvalue weighted by Gasteiger charge is 2.15. The second-order valence-electron chi connectivity index (χ2n) is 3.91. The van der Waals surface area contributed by atoms with Gasteiger partial charge in [0.05, 0.1) is 19.9 Å². The van der Waals surface area contributed by atoms with E-state index in [1.54, 1.807) is 11.4 Å². The Bertz CT molecular complexity index is 700. The minimum absolute atomic E-state index is 0.155. The van der Waals surface area contributed by atoms with E-state index >= 15 is 0 Å². The molecule has 0 amide bonds. The van der Waals surface area contributed by atoms with Crippen molar-refractivity contribution in [3.8, 4) is 0 Å². The predicted octanol–water partition coefficient (Wildman–Crippen LogP) is 1.18. The summed E-state index contributed by atoms with van der Waals surface area (Å²) >= 11 is 1.28. The first-order valence-corrected chi connectivity index (χ1v) is 8.06. The van der Waals surface area contributed by atoms with Crippen molar-refractivity contribution in [2.45, 2.75) is 11.4 Å². The molecule has 102 valence electrons. The number of esters is 1. The molecule has 0 aliphatic heterocycles. The summed E-state index contributed by atoms with van der Waals surface area (Å²) in [6.45, 7) is 0.323. The number of ether oxygens (including phenoxy) is 1. The van der Waals surface area contributed by atoms with Gasteiger partial charge in [0.2, 0.25) is 0 Å². The van der Waals surface area contributed by atoms with Gasteiger partial charge < -0.3 is 4.74 Å². The van der Waals surface area contributed by atoms with Gasteiger partial charge in [0.1, 0.15) is 9.77 Å². The second-order valence-corrected chi connectivity index (χ2v) is 6.84. The number of hydrogen-bond acceptors (Lipinski definition) is 6. The topological polar surface area (TPSA) is 78.3 Å². The third-order valence-corrected chi connectivity index (χ3v) is 4.49. The van der Waals surface area contributed by atoms with Crippen LogP contribution in [0.5, 0.6) is 0 Å². The molecule has 0 aromatic carbocycles. The van der Waals surface area contributed by atoms with E-state index in [1.165, 1.54) is 35.5 Å². The van der Waals surface area contributed by atoms with Gasteiger partial charge in [-0.2, -0.15) is 5.10 Å². The molecule has 0 saturated carbocycles. The molecule has 0 N–H and O–H groups in total. The van der Waals surface area contributed by atoms with E-state index in [0.717, 1.165) is 11.8 Å². The molecule has 0 aliphatic rings. The average Bonchev–Trinajstić information content (AvgIpc) is 2.97. The SMILES string of the molecule is COC(=O)c1sccc1Cn1cc(S(C)(=O)=O)cn1. The van der Waals surface area contributed by atoms with E-state index in [1.807, 2.05) is 0 Å². The van der Waals surface area contributed by atoms with Crippen molar-refractivity contribution in [1.29, 1.82) is 0 Å². The minimum atomic E-state index is -3.26. The lowest BCUT2D eigenvalue weighted by Gasteiger charge is -2.02. The summed E-state index contributed by atoms with van der Waals surface area (Å²) in [5.41, 5.74) is 0.750. The van der Waals surface area contributed by atoms with Gasteiger partial charge in [0, 0.05) is 12.5 Å². The van der Waals surface area contributed by atoms with Crippen LogP contribution in [0.15, 0.2) is 28.7 Å². The highest BCUT2D eigenvalue weighted by molar-refractivity contribution is 7.90. The summed E-state index contributed by atoms with van der Waals surface area (Å²) in [5, 5.41) is 5.75. The van der Waals surface area contributed by atoms with Crippen LogP contribution in [0, 0.1) is 0 Å². The molecular formula is C11H12N2O4S2. The maximum atomic E-state index is 11.5. The van der Waals surface area contributed by atoms with Crippen LogP contribution in [0.25, 0.3) is 0 Å². The zero-order valence-corrected chi connectivity index (χ0v) is 12.0. The van der Waals surface area contributed by atoms with E-state index in [4.69, 9.17) is 0 Å². The summed E-state index contributed by atoms with van der Waals surface area (Å²) in [7, 11) is -1.94. The van der Waals surface area contributed by atoms with Crippen molar-refractivity contribution >= 4 is 27.1 Å². The first-order chi connectivity index (χ1) is 8.91. The zero-order chi connectivity index (χ0) is 14.0. The van der Waals surface area contributed by atoms with Crippen molar-refractivity contribution in [3.05, 3.63) is 34.3 Å². The maximum absolute atomic E-state index is 11.5. The van der Waals surface area contributed by atoms with E-state index in [-0.39, 0.29) is 4.90 Å². The number of carbonyl (C=O) groups excluding carboxylic acids is 1. The Morgan fingerprint density at radius 2 is 2.26 bits per heavy atom. The molecule has 0 fully saturated rings. The Labute approximate surface area is 114 Å². The fourth-order valence-electron chi connectivity index (χ4n) is 1.53. The van der Waals surface area contributed by atoms with Crippen LogP contribution < -0.4 is 0 Å². The summed E-state index contributed by atoms with van der Waals surface area (Å²) < 4.78 is 28.8. The number of carbonyl (C=O) groups is 1. The molecule has 0 atom stereocenters. The number of aromatic nitrogens is 2. The molecule has 2 rings (SSSR count). The number of nitrogens with zero attached hydrogens (tertiary/aromatic N) is 2. The Kier molecular flexibility index (Phi) is 3.72. The Morgan fingerprint density at radius 1 is 1.53 bits per heavy atom. The van der Waals surface area contributed by atoms with E-state index < -0.39 is 15.8 Å². The molecule has 6 nitrogen and oxygen atoms in total. The zero-order valence-electron chi connectivity index (χ0n) is 10.4. The fourth-order valence-corrected chi connectivity index (χ4v) is 2.91. The van der Waals surface area contributed by atoms with Gasteiger partial charge in [-0.15, -0.1) is 11.3 Å². The number of thiophene rings is 1. The first-order valence-electron chi connectivity index (χ1n) is 5.29. The minimum Gasteiger partial charge on any atom is -0.465 e. The van der Waals surface area contributed by atoms with Gasteiger partial charge in [-0.3, -0.25) is 4.68 Å². The summed E-state index contributed by atoms with van der Waals surface area (Å²) in [5.74, 6) is -0.402. The summed E-state index contributed by atoms with van der Waals surface area (Å²) in [6, 6.07) is 1.79. The van der Waals surface area contributed by atoms with Crippen LogP contribution in [0.3, 0.4) is 0 Å². The molecular weight excluding hydrogens is 288 g/mol. The lowest BCUT2D eigenvalue weighted by atomic mass is 10.2. The number of rotatable bonds is 4. The van der Waals surface area contributed by atoms with Crippen LogP contribution in [0.4, 0.5) is 0 Å². The normalized spacial score (nSPS) is 11.5. The van der Waals surface area contributed by atoms with Crippen LogP contribution in [0.2, 0.25) is 0 Å². The van der Waals surface area contributed by atoms with Gasteiger partial charge in [0.15, 0.2) is 9.84 Å². The molecule has 0 unspecified atom stereocenters. The number of methoxy groups -OCH3 is 1. The van der Waals surface area contributed by atoms with E-state index in [0.29, 0.717) is 11.4 Å². The summed E-state index contributed by atoms with van der Waals surface area (Å²) in [6.07, 6.45) is 3.85. The van der Waals surface area contributed by atoms with Gasteiger partial charge in [0.25, 0.3) is 0 Å². The van der Waals surface area contributed by atoms with Crippen LogP contribution in [0.1, 0.15) is 15.2 Å². The standard InChI is InChI=1S/C11H12N2O4S2/c1-17-11(14)10-8(3-4-18-10)6-13-7-9(5-12-13)19(2,15)16/h3-5,7H,6H2,1-2H3. The highest BCUT2D eigenvalue weighted by atomic mass is 32.2. The number of sulfone groups is 1. The summed E-state index contributed by atoms with van der Waals surface area (Å²) in [4.78, 5) is 12.2. The van der Waals surface area contributed by atoms with Crippen molar-refractivity contribution in [2.75, 3.05) is 13.4 Å². The molecule has 0 bridgehead atoms. The molecule has 2 aromatic rings. The van der Waals surface area contributed by atoms with Crippen molar-refractivity contribution in [2.24, 2.45) is 0 Å². The Balaban J connectivity index is 2.25. The monoisotopic (exact) mass is 300 g/mol. The average molecular weight is 300 g/mol. The molecule has 0 radical (unpaired) electrons. The number of hydrogen-bond donors (Lipinski definition) is 0. The van der Waals surface area contributed by atoms with Gasteiger partial charge in [-0.25, -0.2) is 13.2 Å². The maximum Gasteiger partial charge on any atom is 0.348 e. The smallest absolute Gasteiger partial charge is 0.348 e. The van der Waals surface area contributed by atoms with Crippen LogP contribution >= 0.6 is 11.3 Å². The Morgan fingerprint density at radius 3 is 2.84 bits per heavy atom. The molecule has 2 aromatic heterocycles. The van der Waals surface area contributed by atoms with Gasteiger partial charge >= 0.3 is 5.97 Å². The molecule has 8 heteroatoms. The first kappa shape index (κ1) is 13.8. The van der Waals surface area contributed by atoms with Crippen LogP contribution in [-0.4, -0.2) is 37.5 Å². The van der Waals surface area contributed by atoms with Crippen LogP contribution in [-0.2, 0) is 21.1 Å². The molecule has 0 spiro atoms. The quantitative estimate of drug-likeness (QED) is 0.792. The van der Waals surface area contributed by atoms with Crippen molar-refractivity contribution in [1.82, 2.24) is 9.78 Å².